The highest BCUT2D eigenvalue weighted by Crippen LogP contribution is 2.21. The largest absolute Gasteiger partial charge is 0.478 e. The van der Waals surface area contributed by atoms with Crippen molar-refractivity contribution in [3.8, 4) is 0 Å². The number of carboxylic acid groups (broad SMARTS) is 1. The van der Waals surface area contributed by atoms with Crippen LogP contribution in [0.4, 0.5) is 4.79 Å². The Balaban J connectivity index is 2.74. The molecule has 6 nitrogen and oxygen atoms in total. The molecule has 0 fully saturated rings. The van der Waals surface area contributed by atoms with Gasteiger partial charge in [-0.2, -0.15) is 0 Å². The number of ether oxygens (including phenoxy) is 1. The number of hydrogen-bond donors (Lipinski definition) is 2. The van der Waals surface area contributed by atoms with Crippen molar-refractivity contribution in [2.45, 2.75) is 45.8 Å². The van der Waals surface area contributed by atoms with Crippen LogP contribution in [0.25, 0.3) is 0 Å². The molecule has 0 bridgehead atoms. The van der Waals surface area contributed by atoms with Crippen LogP contribution in [0.2, 0.25) is 0 Å². The molecule has 19 heavy (non-hydrogen) atoms. The number of Topliss-reactive ketones (excluding diaryl/α,β-unsaturated/α-hetero) is 1. The van der Waals surface area contributed by atoms with Crippen LogP contribution in [0.3, 0.4) is 0 Å². The predicted octanol–water partition coefficient (Wildman–Crippen LogP) is 1.50. The smallest absolute Gasteiger partial charge is 0.408 e. The van der Waals surface area contributed by atoms with E-state index in [-0.39, 0.29) is 17.8 Å². The zero-order valence-electron chi connectivity index (χ0n) is 11.5. The van der Waals surface area contributed by atoms with Crippen LogP contribution >= 0.6 is 0 Å². The quantitative estimate of drug-likeness (QED) is 0.792. The monoisotopic (exact) mass is 269 g/mol. The Bertz CT molecular complexity index is 433. The maximum absolute atomic E-state index is 11.9. The molecule has 0 heterocycles. The van der Waals surface area contributed by atoms with Gasteiger partial charge in [0.05, 0.1) is 6.04 Å². The van der Waals surface area contributed by atoms with E-state index in [0.29, 0.717) is 0 Å². The number of carboxylic acids is 1. The standard InChI is InChI=1S/C13H19NO5/c1-7-5-8(11(16)17)6-9(10(7)15)14-12(18)19-13(2,3)4/h5,7,9H,6H2,1-4H3,(H,14,18)(H,16,17). The summed E-state index contributed by atoms with van der Waals surface area (Å²) in [5.41, 5.74) is -0.535. The highest BCUT2D eigenvalue weighted by Gasteiger charge is 2.33. The molecule has 2 unspecified atom stereocenters. The Morgan fingerprint density at radius 3 is 2.47 bits per heavy atom. The number of nitrogens with one attached hydrogen (secondary N) is 1. The van der Waals surface area contributed by atoms with Gasteiger partial charge in [-0.15, -0.1) is 0 Å². The zero-order chi connectivity index (χ0) is 14.8. The Hall–Kier alpha value is -1.85. The molecule has 1 aliphatic rings. The van der Waals surface area contributed by atoms with Crippen LogP contribution in [0.15, 0.2) is 11.6 Å². The topological polar surface area (TPSA) is 92.7 Å². The van der Waals surface area contributed by atoms with Gasteiger partial charge in [0.25, 0.3) is 0 Å². The Morgan fingerprint density at radius 2 is 2.00 bits per heavy atom. The van der Waals surface area contributed by atoms with Gasteiger partial charge < -0.3 is 15.2 Å². The minimum Gasteiger partial charge on any atom is -0.478 e. The van der Waals surface area contributed by atoms with E-state index in [0.717, 1.165) is 0 Å². The molecule has 0 aliphatic heterocycles. The van der Waals surface area contributed by atoms with E-state index in [1.807, 2.05) is 0 Å². The van der Waals surface area contributed by atoms with Crippen LogP contribution in [0.1, 0.15) is 34.1 Å². The van der Waals surface area contributed by atoms with Crippen molar-refractivity contribution < 1.29 is 24.2 Å². The number of carbonyl (C=O) groups excluding carboxylic acids is 2. The highest BCUT2D eigenvalue weighted by atomic mass is 16.6. The molecule has 0 spiro atoms. The first-order valence-corrected chi connectivity index (χ1v) is 6.07. The summed E-state index contributed by atoms with van der Waals surface area (Å²) in [6, 6.07) is -0.846. The third-order valence-corrected chi connectivity index (χ3v) is 2.63. The normalized spacial score (nSPS) is 23.6. The minimum absolute atomic E-state index is 0.0161. The summed E-state index contributed by atoms with van der Waals surface area (Å²) in [5, 5.41) is 11.4. The molecule has 0 radical (unpaired) electrons. The van der Waals surface area contributed by atoms with E-state index < -0.39 is 29.6 Å². The van der Waals surface area contributed by atoms with E-state index in [2.05, 4.69) is 5.32 Å². The number of amides is 1. The second kappa shape index (κ2) is 5.42. The van der Waals surface area contributed by atoms with E-state index >= 15 is 0 Å². The molecule has 1 aliphatic carbocycles. The highest BCUT2D eigenvalue weighted by molar-refractivity contribution is 5.97. The fraction of sp³-hybridized carbons (Fsp3) is 0.615. The molecule has 0 aromatic heterocycles. The zero-order valence-corrected chi connectivity index (χ0v) is 11.5. The van der Waals surface area contributed by atoms with Crippen LogP contribution in [0, 0.1) is 5.92 Å². The lowest BCUT2D eigenvalue weighted by Crippen LogP contribution is -2.47. The first-order chi connectivity index (χ1) is 8.60. The molecule has 106 valence electrons. The van der Waals surface area contributed by atoms with Gasteiger partial charge in [-0.05, 0) is 20.8 Å². The molecule has 1 amide bonds. The Labute approximate surface area is 111 Å². The summed E-state index contributed by atoms with van der Waals surface area (Å²) < 4.78 is 5.05. The molecule has 1 rings (SSSR count). The van der Waals surface area contributed by atoms with Crippen LogP contribution in [-0.4, -0.2) is 34.6 Å². The fourth-order valence-corrected chi connectivity index (χ4v) is 1.82. The lowest BCUT2D eigenvalue weighted by atomic mass is 9.86. The molecule has 0 aromatic carbocycles. The summed E-state index contributed by atoms with van der Waals surface area (Å²) in [4.78, 5) is 34.4. The number of rotatable bonds is 2. The summed E-state index contributed by atoms with van der Waals surface area (Å²) in [7, 11) is 0. The van der Waals surface area contributed by atoms with Gasteiger partial charge in [0.1, 0.15) is 5.60 Å². The average molecular weight is 269 g/mol. The third kappa shape index (κ3) is 4.39. The van der Waals surface area contributed by atoms with Crippen molar-refractivity contribution >= 4 is 17.8 Å². The summed E-state index contributed by atoms with van der Waals surface area (Å²) >= 11 is 0. The van der Waals surface area contributed by atoms with Gasteiger partial charge in [0.2, 0.25) is 0 Å². The van der Waals surface area contributed by atoms with Crippen molar-refractivity contribution in [2.75, 3.05) is 0 Å². The van der Waals surface area contributed by atoms with Crippen molar-refractivity contribution in [1.29, 1.82) is 0 Å². The molecule has 0 aromatic rings. The second-order valence-corrected chi connectivity index (χ2v) is 5.59. The van der Waals surface area contributed by atoms with E-state index in [1.54, 1.807) is 27.7 Å². The molecule has 0 saturated heterocycles. The van der Waals surface area contributed by atoms with Gasteiger partial charge >= 0.3 is 12.1 Å². The number of allylic oxidation sites excluding steroid dienone is 1. The first kappa shape index (κ1) is 15.2. The van der Waals surface area contributed by atoms with Crippen LogP contribution < -0.4 is 5.32 Å². The van der Waals surface area contributed by atoms with E-state index in [9.17, 15) is 14.4 Å². The van der Waals surface area contributed by atoms with E-state index in [4.69, 9.17) is 9.84 Å². The third-order valence-electron chi connectivity index (χ3n) is 2.63. The maximum Gasteiger partial charge on any atom is 0.408 e. The van der Waals surface area contributed by atoms with Gasteiger partial charge in [-0.3, -0.25) is 4.79 Å². The predicted molar refractivity (Wildman–Crippen MR) is 67.7 cm³/mol. The summed E-state index contributed by atoms with van der Waals surface area (Å²) in [5.74, 6) is -1.81. The molecule has 6 heteroatoms. The van der Waals surface area contributed by atoms with Crippen molar-refractivity contribution in [3.05, 3.63) is 11.6 Å². The van der Waals surface area contributed by atoms with Crippen molar-refractivity contribution in [3.63, 3.8) is 0 Å². The summed E-state index contributed by atoms with van der Waals surface area (Å²) in [6.45, 7) is 6.73. The molecular weight excluding hydrogens is 250 g/mol. The second-order valence-electron chi connectivity index (χ2n) is 5.59. The number of aliphatic carboxylic acids is 1. The minimum atomic E-state index is -1.07. The maximum atomic E-state index is 11.9. The molecule has 2 N–H and O–H groups in total. The summed E-state index contributed by atoms with van der Waals surface area (Å²) in [6.07, 6.45) is 0.681. The van der Waals surface area contributed by atoms with Crippen molar-refractivity contribution in [1.82, 2.24) is 5.32 Å². The molecule has 0 saturated carbocycles. The fourth-order valence-electron chi connectivity index (χ4n) is 1.82. The molecule has 2 atom stereocenters. The van der Waals surface area contributed by atoms with Gasteiger partial charge in [0.15, 0.2) is 5.78 Å². The SMILES string of the molecule is CC1C=C(C(=O)O)CC(NC(=O)OC(C)(C)C)C1=O. The number of hydrogen-bond acceptors (Lipinski definition) is 4. The lowest BCUT2D eigenvalue weighted by molar-refractivity contribution is -0.133. The number of alkyl carbamates (subject to hydrolysis) is 1. The van der Waals surface area contributed by atoms with Gasteiger partial charge in [0, 0.05) is 17.9 Å². The van der Waals surface area contributed by atoms with Crippen LogP contribution in [-0.2, 0) is 14.3 Å². The number of ketones is 1. The van der Waals surface area contributed by atoms with Gasteiger partial charge in [-0.1, -0.05) is 13.0 Å². The first-order valence-electron chi connectivity index (χ1n) is 6.07. The van der Waals surface area contributed by atoms with E-state index in [1.165, 1.54) is 6.08 Å². The Kier molecular flexibility index (Phi) is 4.34. The average Bonchev–Trinajstić information content (AvgIpc) is 2.21. The van der Waals surface area contributed by atoms with Crippen molar-refractivity contribution in [2.24, 2.45) is 5.92 Å². The lowest BCUT2D eigenvalue weighted by Gasteiger charge is -2.26. The number of carbonyl (C=O) groups is 3. The van der Waals surface area contributed by atoms with Crippen LogP contribution in [0.5, 0.6) is 0 Å². The molecular formula is C13H19NO5. The Morgan fingerprint density at radius 1 is 1.42 bits per heavy atom. The van der Waals surface area contributed by atoms with Gasteiger partial charge in [-0.25, -0.2) is 9.59 Å².